The second-order valence-electron chi connectivity index (χ2n) is 8.96. The molecule has 0 amide bonds. The van der Waals surface area contributed by atoms with Gasteiger partial charge in [-0.2, -0.15) is 0 Å². The first-order chi connectivity index (χ1) is 15.9. The maximum atomic E-state index is 12.4. The van der Waals surface area contributed by atoms with Gasteiger partial charge in [-0.05, 0) is 70.6 Å². The largest absolute Gasteiger partial charge is 0.513 e. The van der Waals surface area contributed by atoms with Crippen LogP contribution in [0.1, 0.15) is 70.9 Å². The monoisotopic (exact) mass is 496 g/mol. The zero-order valence-corrected chi connectivity index (χ0v) is 21.6. The predicted octanol–water partition coefficient (Wildman–Crippen LogP) is 6.42. The van der Waals surface area contributed by atoms with E-state index in [-0.39, 0.29) is 36.5 Å². The van der Waals surface area contributed by atoms with E-state index >= 15 is 0 Å². The molecule has 1 aliphatic carbocycles. The summed E-state index contributed by atoms with van der Waals surface area (Å²) in [6.07, 6.45) is 3.99. The van der Waals surface area contributed by atoms with Crippen LogP contribution >= 0.6 is 7.82 Å². The second-order valence-corrected chi connectivity index (χ2v) is 10.4. The van der Waals surface area contributed by atoms with E-state index in [0.717, 1.165) is 30.4 Å². The number of ether oxygens (including phenoxy) is 2. The van der Waals surface area contributed by atoms with Gasteiger partial charge >= 0.3 is 14.0 Å². The average molecular weight is 497 g/mol. The molecular formula is C25H37O8P. The smallest absolute Gasteiger partial charge is 0.507 e. The number of hydrogen-bond donors (Lipinski definition) is 2. The fourth-order valence-corrected chi connectivity index (χ4v) is 5.02. The molecule has 9 heteroatoms. The Hall–Kier alpha value is -2.12. The first-order valence-corrected chi connectivity index (χ1v) is 13.1. The highest BCUT2D eigenvalue weighted by Crippen LogP contribution is 2.47. The molecule has 0 aromatic heterocycles. The second kappa shape index (κ2) is 12.5. The van der Waals surface area contributed by atoms with E-state index in [0.29, 0.717) is 12.0 Å². The van der Waals surface area contributed by atoms with Gasteiger partial charge in [0.15, 0.2) is 0 Å². The number of benzene rings is 1. The number of carbonyl (C=O) groups is 1. The molecular weight excluding hydrogens is 459 g/mol. The zero-order valence-electron chi connectivity index (χ0n) is 20.7. The molecule has 1 aromatic rings. The van der Waals surface area contributed by atoms with Crippen LogP contribution in [0.5, 0.6) is 11.5 Å². The fraction of sp³-hybridized carbons (Fsp3) is 0.560. The minimum Gasteiger partial charge on any atom is -0.507 e. The van der Waals surface area contributed by atoms with Crippen LogP contribution in [0.25, 0.3) is 0 Å². The van der Waals surface area contributed by atoms with Crippen molar-refractivity contribution in [3.63, 3.8) is 0 Å². The van der Waals surface area contributed by atoms with Gasteiger partial charge in [0.1, 0.15) is 18.1 Å². The molecule has 0 spiro atoms. The number of hydrogen-bond acceptors (Lipinski definition) is 7. The summed E-state index contributed by atoms with van der Waals surface area (Å²) in [7, 11) is -4.22. The lowest BCUT2D eigenvalue weighted by Gasteiger charge is -2.32. The van der Waals surface area contributed by atoms with Crippen molar-refractivity contribution in [3.8, 4) is 11.5 Å². The molecule has 0 saturated carbocycles. The van der Waals surface area contributed by atoms with Crippen molar-refractivity contribution >= 4 is 14.0 Å². The SMILES string of the molecule is C=C(C)[C@@H]1CCC(C)=C[C@H]1c1c(O)cc(CCC)cc1OC(=O)OCCOP(=O)(O)OC(C)C. The minimum atomic E-state index is -4.22. The zero-order chi connectivity index (χ0) is 25.5. The molecule has 0 saturated heterocycles. The topological polar surface area (TPSA) is 112 Å². The molecule has 0 heterocycles. The van der Waals surface area contributed by atoms with E-state index in [9.17, 15) is 19.4 Å². The summed E-state index contributed by atoms with van der Waals surface area (Å²) in [5.41, 5.74) is 3.55. The lowest BCUT2D eigenvalue weighted by molar-refractivity contribution is 0.0664. The third kappa shape index (κ3) is 8.27. The van der Waals surface area contributed by atoms with Crippen molar-refractivity contribution in [2.75, 3.05) is 13.2 Å². The number of phosphoric acid groups is 1. The van der Waals surface area contributed by atoms with Crippen molar-refractivity contribution in [1.82, 2.24) is 0 Å². The Morgan fingerprint density at radius 3 is 2.62 bits per heavy atom. The molecule has 34 heavy (non-hydrogen) atoms. The van der Waals surface area contributed by atoms with E-state index in [2.05, 4.69) is 12.7 Å². The number of phenols is 1. The molecule has 2 N–H and O–H groups in total. The van der Waals surface area contributed by atoms with E-state index in [1.165, 1.54) is 5.57 Å². The number of carbonyl (C=O) groups excluding carboxylic acids is 1. The molecule has 1 aromatic carbocycles. The molecule has 8 nitrogen and oxygen atoms in total. The van der Waals surface area contributed by atoms with E-state index in [4.69, 9.17) is 18.5 Å². The first kappa shape index (κ1) is 28.1. The third-order valence-electron chi connectivity index (χ3n) is 5.53. The first-order valence-electron chi connectivity index (χ1n) is 11.6. The van der Waals surface area contributed by atoms with Crippen molar-refractivity contribution < 1.29 is 37.9 Å². The van der Waals surface area contributed by atoms with Crippen LogP contribution in [0, 0.1) is 5.92 Å². The summed E-state index contributed by atoms with van der Waals surface area (Å²) in [4.78, 5) is 22.0. The molecule has 1 aliphatic rings. The molecule has 0 radical (unpaired) electrons. The van der Waals surface area contributed by atoms with Crippen LogP contribution in [0.4, 0.5) is 4.79 Å². The maximum Gasteiger partial charge on any atom is 0.513 e. The van der Waals surface area contributed by atoms with Gasteiger partial charge < -0.3 is 19.5 Å². The number of allylic oxidation sites excluding steroid dienone is 3. The van der Waals surface area contributed by atoms with Crippen LogP contribution in [0.3, 0.4) is 0 Å². The summed E-state index contributed by atoms with van der Waals surface area (Å²) < 4.78 is 31.9. The Bertz CT molecular complexity index is 952. The molecule has 0 aliphatic heterocycles. The van der Waals surface area contributed by atoms with Crippen molar-refractivity contribution in [1.29, 1.82) is 0 Å². The number of phosphoric ester groups is 1. The summed E-state index contributed by atoms with van der Waals surface area (Å²) in [6.45, 7) is 12.7. The number of phenolic OH excluding ortho intramolecular Hbond substituents is 1. The van der Waals surface area contributed by atoms with E-state index in [1.54, 1.807) is 26.0 Å². The molecule has 1 unspecified atom stereocenters. The third-order valence-corrected chi connectivity index (χ3v) is 6.72. The van der Waals surface area contributed by atoms with Gasteiger partial charge in [0.2, 0.25) is 0 Å². The van der Waals surface area contributed by atoms with Gasteiger partial charge in [-0.15, -0.1) is 0 Å². The van der Waals surface area contributed by atoms with Gasteiger partial charge in [0.05, 0.1) is 12.7 Å². The van der Waals surface area contributed by atoms with Crippen LogP contribution in [0.2, 0.25) is 0 Å². The Kier molecular flexibility index (Phi) is 10.4. The average Bonchev–Trinajstić information content (AvgIpc) is 2.70. The lowest BCUT2D eigenvalue weighted by atomic mass is 9.73. The molecule has 2 rings (SSSR count). The van der Waals surface area contributed by atoms with Gasteiger partial charge in [-0.25, -0.2) is 9.36 Å². The van der Waals surface area contributed by atoms with Crippen LogP contribution in [-0.2, 0) is 24.8 Å². The Labute approximate surface area is 202 Å². The van der Waals surface area contributed by atoms with Crippen LogP contribution in [0.15, 0.2) is 35.9 Å². The van der Waals surface area contributed by atoms with Crippen LogP contribution < -0.4 is 4.74 Å². The summed E-state index contributed by atoms with van der Waals surface area (Å²) >= 11 is 0. The molecule has 190 valence electrons. The van der Waals surface area contributed by atoms with Gasteiger partial charge in [0.25, 0.3) is 0 Å². The molecule has 3 atom stereocenters. The summed E-state index contributed by atoms with van der Waals surface area (Å²) in [5, 5.41) is 10.9. The fourth-order valence-electron chi connectivity index (χ4n) is 4.12. The predicted molar refractivity (Wildman–Crippen MR) is 130 cm³/mol. The van der Waals surface area contributed by atoms with Gasteiger partial charge in [-0.3, -0.25) is 9.05 Å². The van der Waals surface area contributed by atoms with Gasteiger partial charge in [-0.1, -0.05) is 37.1 Å². The number of rotatable bonds is 11. The standard InChI is InChI=1S/C25H37O8P/c1-7-8-19-14-22(26)24(21-13-18(6)9-10-20(21)16(2)3)23(15-19)32-25(27)30-11-12-31-34(28,29)33-17(4)5/h13-15,17,20-21,26H,2,7-12H2,1,3-6H3,(H,28,29)/t20-,21+/m0/s1. The molecule has 0 fully saturated rings. The number of aromatic hydroxyl groups is 1. The minimum absolute atomic E-state index is 0.0614. The normalized spacial score (nSPS) is 19.9. The van der Waals surface area contributed by atoms with Gasteiger partial charge in [0, 0.05) is 11.5 Å². The maximum absolute atomic E-state index is 12.4. The van der Waals surface area contributed by atoms with E-state index in [1.807, 2.05) is 20.8 Å². The Morgan fingerprint density at radius 2 is 2.00 bits per heavy atom. The molecule has 0 bridgehead atoms. The highest BCUT2D eigenvalue weighted by Gasteiger charge is 2.31. The summed E-state index contributed by atoms with van der Waals surface area (Å²) in [6, 6.07) is 3.47. The Balaban J connectivity index is 2.21. The van der Waals surface area contributed by atoms with Crippen LogP contribution in [-0.4, -0.2) is 35.5 Å². The van der Waals surface area contributed by atoms with Crippen molar-refractivity contribution in [2.45, 2.75) is 72.3 Å². The summed E-state index contributed by atoms with van der Waals surface area (Å²) in [5.74, 6) is 0.193. The number of aryl methyl sites for hydroxylation is 1. The highest BCUT2D eigenvalue weighted by molar-refractivity contribution is 7.47. The van der Waals surface area contributed by atoms with E-state index < -0.39 is 20.1 Å². The lowest BCUT2D eigenvalue weighted by Crippen LogP contribution is -2.20. The van der Waals surface area contributed by atoms with Crippen molar-refractivity contribution in [3.05, 3.63) is 47.1 Å². The van der Waals surface area contributed by atoms with Crippen molar-refractivity contribution in [2.24, 2.45) is 5.92 Å². The quantitative estimate of drug-likeness (QED) is 0.119. The Morgan fingerprint density at radius 1 is 1.29 bits per heavy atom. The highest BCUT2D eigenvalue weighted by atomic mass is 31.2.